The van der Waals surface area contributed by atoms with Gasteiger partial charge in [-0.15, -0.1) is 0 Å². The van der Waals surface area contributed by atoms with Crippen molar-refractivity contribution in [2.24, 2.45) is 0 Å². The van der Waals surface area contributed by atoms with E-state index >= 15 is 0 Å². The first kappa shape index (κ1) is 16.5. The average molecular weight is 353 g/mol. The van der Waals surface area contributed by atoms with E-state index in [1.807, 2.05) is 37.1 Å². The topological polar surface area (TPSA) is 23.6 Å². The van der Waals surface area contributed by atoms with Gasteiger partial charge in [0.25, 0.3) is 0 Å². The fraction of sp³-hybridized carbons (Fsp3) is 0.588. The maximum atomic E-state index is 12.7. The fourth-order valence-corrected chi connectivity index (χ4v) is 3.80. The molecule has 1 fully saturated rings. The van der Waals surface area contributed by atoms with Gasteiger partial charge in [0.05, 0.1) is 6.04 Å². The van der Waals surface area contributed by atoms with E-state index in [1.54, 1.807) is 0 Å². The molecule has 0 aliphatic carbocycles. The van der Waals surface area contributed by atoms with Gasteiger partial charge in [-0.2, -0.15) is 0 Å². The summed E-state index contributed by atoms with van der Waals surface area (Å²) >= 11 is 3.55. The molecule has 0 N–H and O–H groups in total. The zero-order chi connectivity index (χ0) is 15.6. The number of likely N-dealkylation sites (tertiary alicyclic amines) is 1. The zero-order valence-electron chi connectivity index (χ0n) is 13.3. The SMILES string of the molecule is CC1CCC(C)N1C(C)C(=O)N(C)Cc1ccccc1Br. The van der Waals surface area contributed by atoms with E-state index in [1.165, 1.54) is 12.8 Å². The minimum absolute atomic E-state index is 0.0509. The lowest BCUT2D eigenvalue weighted by Crippen LogP contribution is -2.49. The third-order valence-electron chi connectivity index (χ3n) is 4.57. The number of nitrogens with zero attached hydrogens (tertiary/aromatic N) is 2. The molecule has 1 saturated heterocycles. The van der Waals surface area contributed by atoms with Gasteiger partial charge in [-0.3, -0.25) is 9.69 Å². The minimum atomic E-state index is -0.0509. The van der Waals surface area contributed by atoms with E-state index in [0.29, 0.717) is 18.6 Å². The van der Waals surface area contributed by atoms with Gasteiger partial charge in [-0.05, 0) is 45.2 Å². The summed E-state index contributed by atoms with van der Waals surface area (Å²) < 4.78 is 1.06. The van der Waals surface area contributed by atoms with Crippen molar-refractivity contribution in [3.63, 3.8) is 0 Å². The second-order valence-corrected chi connectivity index (χ2v) is 7.04. The highest BCUT2D eigenvalue weighted by atomic mass is 79.9. The van der Waals surface area contributed by atoms with Crippen molar-refractivity contribution in [2.75, 3.05) is 7.05 Å². The predicted molar refractivity (Wildman–Crippen MR) is 90.1 cm³/mol. The predicted octanol–water partition coefficient (Wildman–Crippen LogP) is 3.67. The molecule has 0 radical (unpaired) electrons. The van der Waals surface area contributed by atoms with Crippen LogP contribution in [0.25, 0.3) is 0 Å². The number of rotatable bonds is 4. The monoisotopic (exact) mass is 352 g/mol. The number of hydrogen-bond donors (Lipinski definition) is 0. The van der Waals surface area contributed by atoms with Crippen molar-refractivity contribution >= 4 is 21.8 Å². The molecule has 1 aromatic rings. The minimum Gasteiger partial charge on any atom is -0.340 e. The van der Waals surface area contributed by atoms with E-state index in [2.05, 4.69) is 40.7 Å². The van der Waals surface area contributed by atoms with Crippen LogP contribution < -0.4 is 0 Å². The number of hydrogen-bond acceptors (Lipinski definition) is 2. The highest BCUT2D eigenvalue weighted by Gasteiger charge is 2.35. The van der Waals surface area contributed by atoms with E-state index in [4.69, 9.17) is 0 Å². The van der Waals surface area contributed by atoms with Gasteiger partial charge in [0.1, 0.15) is 0 Å². The highest BCUT2D eigenvalue weighted by Crippen LogP contribution is 2.27. The Bertz CT molecular complexity index is 495. The molecule has 1 aromatic carbocycles. The van der Waals surface area contributed by atoms with Gasteiger partial charge in [0, 0.05) is 30.1 Å². The zero-order valence-corrected chi connectivity index (χ0v) is 14.9. The van der Waals surface area contributed by atoms with Crippen LogP contribution in [-0.4, -0.2) is 40.9 Å². The second kappa shape index (κ2) is 6.93. The van der Waals surface area contributed by atoms with Crippen molar-refractivity contribution < 1.29 is 4.79 Å². The third-order valence-corrected chi connectivity index (χ3v) is 5.34. The smallest absolute Gasteiger partial charge is 0.239 e. The molecular weight excluding hydrogens is 328 g/mol. The number of carbonyl (C=O) groups is 1. The van der Waals surface area contributed by atoms with Gasteiger partial charge in [0.15, 0.2) is 0 Å². The van der Waals surface area contributed by atoms with Crippen LogP contribution >= 0.6 is 15.9 Å². The molecule has 4 heteroatoms. The van der Waals surface area contributed by atoms with Crippen LogP contribution in [0, 0.1) is 0 Å². The van der Waals surface area contributed by atoms with Crippen LogP contribution in [0.4, 0.5) is 0 Å². The van der Waals surface area contributed by atoms with Gasteiger partial charge in [-0.25, -0.2) is 0 Å². The first-order valence-corrected chi connectivity index (χ1v) is 8.47. The van der Waals surface area contributed by atoms with E-state index in [0.717, 1.165) is 10.0 Å². The maximum absolute atomic E-state index is 12.7. The lowest BCUT2D eigenvalue weighted by molar-refractivity contribution is -0.136. The summed E-state index contributed by atoms with van der Waals surface area (Å²) in [6.07, 6.45) is 2.37. The first-order valence-electron chi connectivity index (χ1n) is 7.67. The number of amides is 1. The Labute approximate surface area is 136 Å². The molecule has 1 aliphatic rings. The van der Waals surface area contributed by atoms with Crippen molar-refractivity contribution in [2.45, 2.75) is 58.3 Å². The number of likely N-dealkylation sites (N-methyl/N-ethyl adjacent to an activating group) is 1. The summed E-state index contributed by atoms with van der Waals surface area (Å²) in [7, 11) is 1.89. The lowest BCUT2D eigenvalue weighted by atomic mass is 10.1. The number of benzene rings is 1. The Hall–Kier alpha value is -0.870. The molecular formula is C17H25BrN2O. The van der Waals surface area contributed by atoms with Crippen LogP contribution in [0.3, 0.4) is 0 Å². The van der Waals surface area contributed by atoms with Crippen LogP contribution in [0.15, 0.2) is 28.7 Å². The van der Waals surface area contributed by atoms with Crippen LogP contribution in [0.5, 0.6) is 0 Å². The molecule has 1 amide bonds. The van der Waals surface area contributed by atoms with Crippen LogP contribution in [-0.2, 0) is 11.3 Å². The van der Waals surface area contributed by atoms with Crippen LogP contribution in [0.1, 0.15) is 39.2 Å². The highest BCUT2D eigenvalue weighted by molar-refractivity contribution is 9.10. The fourth-order valence-electron chi connectivity index (χ4n) is 3.38. The Morgan fingerprint density at radius 3 is 2.48 bits per heavy atom. The molecule has 3 unspecified atom stereocenters. The molecule has 1 aliphatic heterocycles. The molecule has 0 saturated carbocycles. The lowest BCUT2D eigenvalue weighted by Gasteiger charge is -2.34. The quantitative estimate of drug-likeness (QED) is 0.825. The molecule has 21 heavy (non-hydrogen) atoms. The summed E-state index contributed by atoms with van der Waals surface area (Å²) in [4.78, 5) is 16.9. The second-order valence-electron chi connectivity index (χ2n) is 6.18. The molecule has 0 spiro atoms. The summed E-state index contributed by atoms with van der Waals surface area (Å²) in [6, 6.07) is 9.01. The van der Waals surface area contributed by atoms with E-state index < -0.39 is 0 Å². The van der Waals surface area contributed by atoms with Gasteiger partial charge in [0.2, 0.25) is 5.91 Å². The Balaban J connectivity index is 2.03. The van der Waals surface area contributed by atoms with Gasteiger partial charge >= 0.3 is 0 Å². The molecule has 116 valence electrons. The normalized spacial score (nSPS) is 24.0. The molecule has 3 nitrogen and oxygen atoms in total. The Kier molecular flexibility index (Phi) is 5.44. The van der Waals surface area contributed by atoms with Gasteiger partial charge in [-0.1, -0.05) is 34.1 Å². The Morgan fingerprint density at radius 2 is 1.90 bits per heavy atom. The number of carbonyl (C=O) groups excluding carboxylic acids is 1. The summed E-state index contributed by atoms with van der Waals surface area (Å²) in [5.41, 5.74) is 1.14. The van der Waals surface area contributed by atoms with E-state index in [-0.39, 0.29) is 11.9 Å². The van der Waals surface area contributed by atoms with Crippen molar-refractivity contribution in [3.8, 4) is 0 Å². The average Bonchev–Trinajstić information content (AvgIpc) is 2.79. The van der Waals surface area contributed by atoms with Crippen LogP contribution in [0.2, 0.25) is 0 Å². The molecule has 3 atom stereocenters. The number of halogens is 1. The summed E-state index contributed by atoms with van der Waals surface area (Å²) in [5.74, 6) is 0.200. The molecule has 1 heterocycles. The first-order chi connectivity index (χ1) is 9.91. The Morgan fingerprint density at radius 1 is 1.33 bits per heavy atom. The molecule has 0 bridgehead atoms. The van der Waals surface area contributed by atoms with E-state index in [9.17, 15) is 4.79 Å². The third kappa shape index (κ3) is 3.67. The molecule has 0 aromatic heterocycles. The largest absolute Gasteiger partial charge is 0.340 e. The summed E-state index contributed by atoms with van der Waals surface area (Å²) in [6.45, 7) is 7.13. The maximum Gasteiger partial charge on any atom is 0.239 e. The van der Waals surface area contributed by atoms with Crippen molar-refractivity contribution in [1.82, 2.24) is 9.80 Å². The standard InChI is InChI=1S/C17H25BrN2O/c1-12-9-10-13(2)20(12)14(3)17(21)19(4)11-15-7-5-6-8-16(15)18/h5-8,12-14H,9-11H2,1-4H3. The van der Waals surface area contributed by atoms with Crippen molar-refractivity contribution in [1.29, 1.82) is 0 Å². The van der Waals surface area contributed by atoms with Gasteiger partial charge < -0.3 is 4.90 Å². The summed E-state index contributed by atoms with van der Waals surface area (Å²) in [5, 5.41) is 0. The van der Waals surface area contributed by atoms with Crippen molar-refractivity contribution in [3.05, 3.63) is 34.3 Å². The molecule has 2 rings (SSSR count).